The second kappa shape index (κ2) is 4.29. The van der Waals surface area contributed by atoms with Gasteiger partial charge in [-0.1, -0.05) is 6.07 Å². The third-order valence-corrected chi connectivity index (χ3v) is 2.35. The van der Waals surface area contributed by atoms with E-state index in [-0.39, 0.29) is 17.1 Å². The van der Waals surface area contributed by atoms with Gasteiger partial charge in [0, 0.05) is 0 Å². The molecule has 0 saturated heterocycles. The van der Waals surface area contributed by atoms with Crippen molar-refractivity contribution < 1.29 is 14.2 Å². The predicted molar refractivity (Wildman–Crippen MR) is 61.1 cm³/mol. The summed E-state index contributed by atoms with van der Waals surface area (Å²) in [5.41, 5.74) is 2.11. The number of aromatic nitrogens is 2. The highest BCUT2D eigenvalue weighted by atomic mass is 16.6. The van der Waals surface area contributed by atoms with Crippen LogP contribution in [0.3, 0.4) is 0 Å². The van der Waals surface area contributed by atoms with Gasteiger partial charge in [0.2, 0.25) is 0 Å². The van der Waals surface area contributed by atoms with E-state index >= 15 is 0 Å². The molecule has 0 atom stereocenters. The lowest BCUT2D eigenvalue weighted by molar-refractivity contribution is -0.119. The average Bonchev–Trinajstić information content (AvgIpc) is 2.71. The van der Waals surface area contributed by atoms with Crippen LogP contribution in [0, 0.1) is 0 Å². The molecular formula is C12H10N2O3. The van der Waals surface area contributed by atoms with Crippen LogP contribution in [0.4, 0.5) is 0 Å². The fourth-order valence-electron chi connectivity index (χ4n) is 1.51. The summed E-state index contributed by atoms with van der Waals surface area (Å²) < 4.78 is 4.57. The Balaban J connectivity index is 2.48. The largest absolute Gasteiger partial charge is 0.294 e. The topological polar surface area (TPSA) is 73.1 Å². The Labute approximate surface area is 97.1 Å². The maximum atomic E-state index is 11.3. The molecule has 5 heteroatoms. The Morgan fingerprint density at radius 3 is 2.41 bits per heavy atom. The van der Waals surface area contributed by atoms with Crippen molar-refractivity contribution in [3.05, 3.63) is 29.3 Å². The fraction of sp³-hybridized carbons (Fsp3) is 0.167. The van der Waals surface area contributed by atoms with Crippen molar-refractivity contribution in [1.29, 1.82) is 0 Å². The van der Waals surface area contributed by atoms with Crippen LogP contribution in [-0.4, -0.2) is 21.9 Å². The summed E-state index contributed by atoms with van der Waals surface area (Å²) in [6.45, 7) is 2.73. The number of nitrogens with zero attached hydrogens (tertiary/aromatic N) is 2. The van der Waals surface area contributed by atoms with Crippen molar-refractivity contribution in [1.82, 2.24) is 10.3 Å². The van der Waals surface area contributed by atoms with E-state index in [0.717, 1.165) is 0 Å². The fourth-order valence-corrected chi connectivity index (χ4v) is 1.51. The van der Waals surface area contributed by atoms with E-state index in [0.29, 0.717) is 16.6 Å². The van der Waals surface area contributed by atoms with Crippen molar-refractivity contribution in [3.63, 3.8) is 0 Å². The number of carbonyl (C=O) groups is 2. The van der Waals surface area contributed by atoms with E-state index in [1.165, 1.54) is 13.8 Å². The number of fused-ring (bicyclic) bond motifs is 1. The molecule has 0 aliphatic heterocycles. The first-order valence-corrected chi connectivity index (χ1v) is 5.04. The van der Waals surface area contributed by atoms with Crippen LogP contribution in [0.2, 0.25) is 0 Å². The number of hydrogen-bond donors (Lipinski definition) is 0. The number of hydrogen-bond acceptors (Lipinski definition) is 5. The van der Waals surface area contributed by atoms with Crippen LogP contribution < -0.4 is 0 Å². The quantitative estimate of drug-likeness (QED) is 0.456. The molecule has 86 valence electrons. The lowest BCUT2D eigenvalue weighted by Crippen LogP contribution is -2.05. The van der Waals surface area contributed by atoms with Crippen molar-refractivity contribution in [3.8, 4) is 0 Å². The Hall–Kier alpha value is -2.30. The van der Waals surface area contributed by atoms with Crippen molar-refractivity contribution >= 4 is 28.7 Å². The first-order chi connectivity index (χ1) is 8.08. The van der Waals surface area contributed by atoms with E-state index in [4.69, 9.17) is 0 Å². The second-order valence-electron chi connectivity index (χ2n) is 3.68. The van der Waals surface area contributed by atoms with Crippen LogP contribution >= 0.6 is 0 Å². The monoisotopic (exact) mass is 230 g/mol. The van der Waals surface area contributed by atoms with E-state index < -0.39 is 0 Å². The first-order valence-electron chi connectivity index (χ1n) is 5.04. The number of Topliss-reactive ketones (excluding diaryl/α,β-unsaturated/α-hetero) is 2. The molecule has 0 amide bonds. The van der Waals surface area contributed by atoms with Crippen LogP contribution in [-0.2, 0) is 9.59 Å². The molecule has 5 nitrogen and oxygen atoms in total. The van der Waals surface area contributed by atoms with Gasteiger partial charge in [0.15, 0.2) is 11.6 Å². The molecule has 0 aliphatic carbocycles. The Morgan fingerprint density at radius 2 is 1.76 bits per heavy atom. The van der Waals surface area contributed by atoms with Crippen LogP contribution in [0.1, 0.15) is 19.4 Å². The standard InChI is InChI=1S/C12H10N2O3/c1-7(15)10(8(2)16)5-9-3-4-11-12(6-9)14-17-13-11/h3-6H,1-2H3. The van der Waals surface area contributed by atoms with Crippen LogP contribution in [0.15, 0.2) is 28.4 Å². The van der Waals surface area contributed by atoms with Gasteiger partial charge in [-0.25, -0.2) is 4.63 Å². The molecule has 0 fully saturated rings. The van der Waals surface area contributed by atoms with E-state index in [1.54, 1.807) is 24.3 Å². The van der Waals surface area contributed by atoms with Gasteiger partial charge in [-0.2, -0.15) is 0 Å². The maximum Gasteiger partial charge on any atom is 0.163 e. The molecule has 1 aromatic carbocycles. The lowest BCUT2D eigenvalue weighted by atomic mass is 10.0. The molecule has 0 bridgehead atoms. The lowest BCUT2D eigenvalue weighted by Gasteiger charge is -1.98. The van der Waals surface area contributed by atoms with Crippen molar-refractivity contribution in [2.24, 2.45) is 0 Å². The number of benzene rings is 1. The zero-order chi connectivity index (χ0) is 12.4. The Kier molecular flexibility index (Phi) is 2.82. The highest BCUT2D eigenvalue weighted by molar-refractivity contribution is 6.21. The molecule has 0 saturated carbocycles. The molecular weight excluding hydrogens is 220 g/mol. The molecule has 2 aromatic rings. The SMILES string of the molecule is CC(=O)C(=Cc1ccc2nonc2c1)C(C)=O. The van der Waals surface area contributed by atoms with Gasteiger partial charge in [0.1, 0.15) is 11.0 Å². The first kappa shape index (κ1) is 11.2. The second-order valence-corrected chi connectivity index (χ2v) is 3.68. The molecule has 0 spiro atoms. The number of rotatable bonds is 3. The van der Waals surface area contributed by atoms with E-state index in [9.17, 15) is 9.59 Å². The molecule has 0 aliphatic rings. The maximum absolute atomic E-state index is 11.3. The Morgan fingerprint density at radius 1 is 1.12 bits per heavy atom. The van der Waals surface area contributed by atoms with Crippen LogP contribution in [0.25, 0.3) is 17.1 Å². The molecule has 0 unspecified atom stereocenters. The van der Waals surface area contributed by atoms with E-state index in [1.807, 2.05) is 0 Å². The minimum Gasteiger partial charge on any atom is -0.294 e. The van der Waals surface area contributed by atoms with Crippen molar-refractivity contribution in [2.75, 3.05) is 0 Å². The molecule has 17 heavy (non-hydrogen) atoms. The summed E-state index contributed by atoms with van der Waals surface area (Å²) in [5, 5.41) is 7.36. The summed E-state index contributed by atoms with van der Waals surface area (Å²) in [6.07, 6.45) is 1.54. The highest BCUT2D eigenvalue weighted by Gasteiger charge is 2.09. The molecule has 0 N–H and O–H groups in total. The molecule has 0 radical (unpaired) electrons. The zero-order valence-electron chi connectivity index (χ0n) is 9.43. The third-order valence-electron chi connectivity index (χ3n) is 2.35. The summed E-state index contributed by atoms with van der Waals surface area (Å²) in [4.78, 5) is 22.5. The van der Waals surface area contributed by atoms with Gasteiger partial charge in [0.25, 0.3) is 0 Å². The predicted octanol–water partition coefficient (Wildman–Crippen LogP) is 1.78. The summed E-state index contributed by atoms with van der Waals surface area (Å²) in [6, 6.07) is 5.17. The van der Waals surface area contributed by atoms with Gasteiger partial charge in [-0.05, 0) is 47.9 Å². The van der Waals surface area contributed by atoms with Gasteiger partial charge in [-0.3, -0.25) is 9.59 Å². The smallest absolute Gasteiger partial charge is 0.163 e. The third kappa shape index (κ3) is 2.28. The number of carbonyl (C=O) groups excluding carboxylic acids is 2. The molecule has 1 heterocycles. The number of allylic oxidation sites excluding steroid dienone is 1. The normalized spacial score (nSPS) is 10.2. The van der Waals surface area contributed by atoms with E-state index in [2.05, 4.69) is 14.9 Å². The van der Waals surface area contributed by atoms with Crippen molar-refractivity contribution in [2.45, 2.75) is 13.8 Å². The van der Waals surface area contributed by atoms with Gasteiger partial charge >= 0.3 is 0 Å². The van der Waals surface area contributed by atoms with Crippen LogP contribution in [0.5, 0.6) is 0 Å². The minimum atomic E-state index is -0.254. The molecule has 2 rings (SSSR count). The van der Waals surface area contributed by atoms with Gasteiger partial charge in [-0.15, -0.1) is 0 Å². The average molecular weight is 230 g/mol. The van der Waals surface area contributed by atoms with Gasteiger partial charge < -0.3 is 0 Å². The summed E-state index contributed by atoms with van der Waals surface area (Å²) in [5.74, 6) is -0.508. The zero-order valence-corrected chi connectivity index (χ0v) is 9.43. The highest BCUT2D eigenvalue weighted by Crippen LogP contribution is 2.15. The Bertz CT molecular complexity index is 609. The summed E-state index contributed by atoms with van der Waals surface area (Å²) in [7, 11) is 0. The van der Waals surface area contributed by atoms with Gasteiger partial charge in [0.05, 0.1) is 5.57 Å². The minimum absolute atomic E-state index is 0.167. The number of ketones is 2. The summed E-state index contributed by atoms with van der Waals surface area (Å²) >= 11 is 0. The molecule has 1 aromatic heterocycles.